The highest BCUT2D eigenvalue weighted by atomic mass is 16.5. The van der Waals surface area contributed by atoms with E-state index in [0.717, 1.165) is 18.0 Å². The quantitative estimate of drug-likeness (QED) is 0.904. The Morgan fingerprint density at radius 3 is 2.68 bits per heavy atom. The zero-order chi connectivity index (χ0) is 14.0. The zero-order valence-corrected chi connectivity index (χ0v) is 12.4. The number of hydrogen-bond acceptors (Lipinski definition) is 3. The summed E-state index contributed by atoms with van der Waals surface area (Å²) in [5.74, 6) is 1.84. The second-order valence-electron chi connectivity index (χ2n) is 5.82. The molecule has 19 heavy (non-hydrogen) atoms. The van der Waals surface area contributed by atoms with E-state index in [1.807, 2.05) is 12.1 Å². The molecule has 0 saturated carbocycles. The van der Waals surface area contributed by atoms with Gasteiger partial charge in [-0.1, -0.05) is 13.0 Å². The van der Waals surface area contributed by atoms with Crippen LogP contribution in [-0.4, -0.2) is 29.7 Å². The number of phenolic OH excluding ortho intramolecular Hbond substituents is 1. The van der Waals surface area contributed by atoms with E-state index >= 15 is 0 Å². The van der Waals surface area contributed by atoms with Crippen LogP contribution in [0.3, 0.4) is 0 Å². The molecule has 0 bridgehead atoms. The first-order chi connectivity index (χ1) is 9.02. The van der Waals surface area contributed by atoms with Crippen molar-refractivity contribution in [1.29, 1.82) is 0 Å². The number of aromatic hydroxyl groups is 1. The van der Waals surface area contributed by atoms with Crippen molar-refractivity contribution in [3.63, 3.8) is 0 Å². The van der Waals surface area contributed by atoms with Crippen LogP contribution in [-0.2, 0) is 0 Å². The molecule has 0 aliphatic carbocycles. The molecule has 1 N–H and O–H groups in total. The molecule has 1 aliphatic rings. The second kappa shape index (κ2) is 5.83. The van der Waals surface area contributed by atoms with Gasteiger partial charge >= 0.3 is 0 Å². The van der Waals surface area contributed by atoms with Crippen LogP contribution in [0.2, 0.25) is 0 Å². The van der Waals surface area contributed by atoms with Crippen molar-refractivity contribution >= 4 is 0 Å². The van der Waals surface area contributed by atoms with Crippen molar-refractivity contribution < 1.29 is 9.84 Å². The number of rotatable bonds is 3. The van der Waals surface area contributed by atoms with Gasteiger partial charge in [0.2, 0.25) is 0 Å². The topological polar surface area (TPSA) is 32.7 Å². The maximum absolute atomic E-state index is 10.2. The van der Waals surface area contributed by atoms with Gasteiger partial charge in [-0.05, 0) is 45.2 Å². The van der Waals surface area contributed by atoms with Gasteiger partial charge in [0.05, 0.1) is 7.11 Å². The number of phenols is 1. The minimum Gasteiger partial charge on any atom is -0.507 e. The highest BCUT2D eigenvalue weighted by molar-refractivity contribution is 5.41. The van der Waals surface area contributed by atoms with Crippen LogP contribution in [0.5, 0.6) is 11.5 Å². The largest absolute Gasteiger partial charge is 0.507 e. The van der Waals surface area contributed by atoms with E-state index in [1.165, 1.54) is 12.8 Å². The number of piperidine rings is 1. The lowest BCUT2D eigenvalue weighted by molar-refractivity contribution is 0.0882. The smallest absolute Gasteiger partial charge is 0.124 e. The number of likely N-dealkylation sites (tertiary alicyclic amines) is 1. The molecule has 0 amide bonds. The van der Waals surface area contributed by atoms with Gasteiger partial charge in [0.25, 0.3) is 0 Å². The summed E-state index contributed by atoms with van der Waals surface area (Å²) in [4.78, 5) is 2.49. The first-order valence-electron chi connectivity index (χ1n) is 7.15. The molecule has 3 heteroatoms. The van der Waals surface area contributed by atoms with Gasteiger partial charge in [-0.3, -0.25) is 4.90 Å². The van der Waals surface area contributed by atoms with E-state index in [0.29, 0.717) is 17.5 Å². The lowest BCUT2D eigenvalue weighted by atomic mass is 9.91. The van der Waals surface area contributed by atoms with E-state index in [4.69, 9.17) is 4.74 Å². The van der Waals surface area contributed by atoms with Crippen molar-refractivity contribution in [3.05, 3.63) is 23.8 Å². The van der Waals surface area contributed by atoms with Crippen molar-refractivity contribution in [3.8, 4) is 11.5 Å². The fraction of sp³-hybridized carbons (Fsp3) is 0.625. The number of hydrogen-bond donors (Lipinski definition) is 1. The van der Waals surface area contributed by atoms with Crippen molar-refractivity contribution in [1.82, 2.24) is 4.90 Å². The van der Waals surface area contributed by atoms with Gasteiger partial charge in [0.15, 0.2) is 0 Å². The Morgan fingerprint density at radius 2 is 2.11 bits per heavy atom. The normalized spacial score (nSPS) is 26.1. The molecule has 0 spiro atoms. The van der Waals surface area contributed by atoms with Crippen LogP contribution in [0.25, 0.3) is 0 Å². The van der Waals surface area contributed by atoms with Gasteiger partial charge in [-0.15, -0.1) is 0 Å². The average molecular weight is 263 g/mol. The van der Waals surface area contributed by atoms with Crippen LogP contribution < -0.4 is 4.74 Å². The summed E-state index contributed by atoms with van der Waals surface area (Å²) in [6, 6.07) is 6.41. The lowest BCUT2D eigenvalue weighted by Crippen LogP contribution is -2.41. The minimum atomic E-state index is 0.244. The number of nitrogens with zero attached hydrogens (tertiary/aromatic N) is 1. The minimum absolute atomic E-state index is 0.244. The van der Waals surface area contributed by atoms with Gasteiger partial charge in [0.1, 0.15) is 11.5 Å². The molecule has 1 aromatic carbocycles. The first kappa shape index (κ1) is 14.2. The Balaban J connectivity index is 2.17. The van der Waals surface area contributed by atoms with Crippen molar-refractivity contribution in [2.45, 2.75) is 45.7 Å². The van der Waals surface area contributed by atoms with Gasteiger partial charge < -0.3 is 9.84 Å². The predicted molar refractivity (Wildman–Crippen MR) is 77.6 cm³/mol. The summed E-state index contributed by atoms with van der Waals surface area (Å²) in [5.41, 5.74) is 0.988. The van der Waals surface area contributed by atoms with Crippen molar-refractivity contribution in [2.24, 2.45) is 5.92 Å². The summed E-state index contributed by atoms with van der Waals surface area (Å²) in [6.45, 7) is 7.89. The Bertz CT molecular complexity index is 433. The summed E-state index contributed by atoms with van der Waals surface area (Å²) in [6.07, 6.45) is 2.48. The SMILES string of the molecule is COc1ccc(C(C)N2CCC(C)CC2C)c(O)c1. The zero-order valence-electron chi connectivity index (χ0n) is 12.4. The molecule has 3 nitrogen and oxygen atoms in total. The molecule has 3 atom stereocenters. The second-order valence-corrected chi connectivity index (χ2v) is 5.82. The third kappa shape index (κ3) is 3.03. The number of benzene rings is 1. The molecule has 2 rings (SSSR count). The van der Waals surface area contributed by atoms with Crippen LogP contribution >= 0.6 is 0 Å². The maximum Gasteiger partial charge on any atom is 0.124 e. The summed E-state index contributed by atoms with van der Waals surface area (Å²) in [5, 5.41) is 10.2. The van der Waals surface area contributed by atoms with Gasteiger partial charge in [-0.2, -0.15) is 0 Å². The fourth-order valence-corrected chi connectivity index (χ4v) is 3.18. The monoisotopic (exact) mass is 263 g/mol. The maximum atomic E-state index is 10.2. The highest BCUT2D eigenvalue weighted by Gasteiger charge is 2.28. The summed E-state index contributed by atoms with van der Waals surface area (Å²) >= 11 is 0. The number of methoxy groups -OCH3 is 1. The fourth-order valence-electron chi connectivity index (χ4n) is 3.18. The van der Waals surface area contributed by atoms with E-state index < -0.39 is 0 Å². The third-order valence-corrected chi connectivity index (χ3v) is 4.37. The van der Waals surface area contributed by atoms with Gasteiger partial charge in [-0.25, -0.2) is 0 Å². The van der Waals surface area contributed by atoms with E-state index in [-0.39, 0.29) is 6.04 Å². The van der Waals surface area contributed by atoms with E-state index in [9.17, 15) is 5.11 Å². The van der Waals surface area contributed by atoms with Crippen molar-refractivity contribution in [2.75, 3.05) is 13.7 Å². The Hall–Kier alpha value is -1.22. The molecular weight excluding hydrogens is 238 g/mol. The van der Waals surface area contributed by atoms with Gasteiger partial charge in [0, 0.05) is 23.7 Å². The van der Waals surface area contributed by atoms with Crippen LogP contribution in [0.4, 0.5) is 0 Å². The average Bonchev–Trinajstić information content (AvgIpc) is 2.37. The van der Waals surface area contributed by atoms with Crippen LogP contribution in [0.15, 0.2) is 18.2 Å². The molecular formula is C16H25NO2. The van der Waals surface area contributed by atoms with Crippen LogP contribution in [0, 0.1) is 5.92 Å². The molecule has 1 aromatic rings. The Kier molecular flexibility index (Phi) is 4.35. The molecule has 1 fully saturated rings. The molecule has 1 aliphatic heterocycles. The predicted octanol–water partition coefficient (Wildman–Crippen LogP) is 3.58. The first-order valence-corrected chi connectivity index (χ1v) is 7.15. The van der Waals surface area contributed by atoms with E-state index in [2.05, 4.69) is 25.7 Å². The molecule has 3 unspecified atom stereocenters. The highest BCUT2D eigenvalue weighted by Crippen LogP contribution is 2.35. The molecule has 1 saturated heterocycles. The third-order valence-electron chi connectivity index (χ3n) is 4.37. The summed E-state index contributed by atoms with van der Waals surface area (Å²) < 4.78 is 5.14. The Labute approximate surface area is 116 Å². The lowest BCUT2D eigenvalue weighted by Gasteiger charge is -2.40. The molecule has 1 heterocycles. The molecule has 0 radical (unpaired) electrons. The number of ether oxygens (including phenoxy) is 1. The van der Waals surface area contributed by atoms with Crippen LogP contribution in [0.1, 0.15) is 45.2 Å². The molecule has 106 valence electrons. The van der Waals surface area contributed by atoms with E-state index in [1.54, 1.807) is 13.2 Å². The standard InChI is InChI=1S/C16H25NO2/c1-11-7-8-17(12(2)9-11)13(3)15-6-5-14(19-4)10-16(15)18/h5-6,10-13,18H,7-9H2,1-4H3. The summed E-state index contributed by atoms with van der Waals surface area (Å²) in [7, 11) is 1.62. The molecule has 0 aromatic heterocycles. The Morgan fingerprint density at radius 1 is 1.37 bits per heavy atom.